The van der Waals surface area contributed by atoms with Gasteiger partial charge < -0.3 is 20.1 Å². The molecule has 0 aliphatic carbocycles. The molecule has 0 spiro atoms. The van der Waals surface area contributed by atoms with E-state index < -0.39 is 6.04 Å². The number of nitrogens with zero attached hydrogens (tertiary/aromatic N) is 7. The molecule has 3 N–H and O–H groups in total. The molecule has 0 radical (unpaired) electrons. The highest BCUT2D eigenvalue weighted by Gasteiger charge is 2.26. The maximum absolute atomic E-state index is 13.2. The number of likely N-dealkylation sites (tertiary alicyclic amines) is 1. The van der Waals surface area contributed by atoms with Crippen molar-refractivity contribution in [2.75, 3.05) is 41.8 Å². The topological polar surface area (TPSA) is 139 Å². The third-order valence-electron chi connectivity index (χ3n) is 9.92. The highest BCUT2D eigenvalue weighted by molar-refractivity contribution is 5.83. The number of aromatic amines is 2. The summed E-state index contributed by atoms with van der Waals surface area (Å²) in [6, 6.07) is 27.3. The zero-order valence-electron chi connectivity index (χ0n) is 32.3. The van der Waals surface area contributed by atoms with Crippen molar-refractivity contribution in [1.29, 1.82) is 0 Å². The molecule has 12 heteroatoms. The number of aldehydes is 1. The Balaban J connectivity index is 0.000000367. The van der Waals surface area contributed by atoms with Gasteiger partial charge in [-0.15, -0.1) is 0 Å². The highest BCUT2D eigenvalue weighted by Crippen LogP contribution is 2.31. The second-order valence-electron chi connectivity index (χ2n) is 14.3. The summed E-state index contributed by atoms with van der Waals surface area (Å²) in [5, 5.41) is 3.09. The minimum Gasteiger partial charge on any atom is -0.345 e. The Hall–Kier alpha value is -5.82. The normalized spacial score (nSPS) is 16.0. The van der Waals surface area contributed by atoms with E-state index in [4.69, 9.17) is 0 Å². The van der Waals surface area contributed by atoms with Gasteiger partial charge in [0.15, 0.2) is 0 Å². The molecule has 55 heavy (non-hydrogen) atoms. The number of aromatic nitrogens is 6. The van der Waals surface area contributed by atoms with Crippen LogP contribution in [0.5, 0.6) is 0 Å². The summed E-state index contributed by atoms with van der Waals surface area (Å²) in [6.45, 7) is 3.02. The lowest BCUT2D eigenvalue weighted by molar-refractivity contribution is -0.126. The van der Waals surface area contributed by atoms with E-state index in [0.717, 1.165) is 64.4 Å². The standard InChI is InChI=1S/C33H37N9O.C10H13NO/c1-21(38-33(43)30(41(2)3)24-9-6-5-7-10-24)31-36-20-28(40-31)27-19-34-25(17-35-27)22-12-14-23(15-13-22)26-18-37-32(39-26)29-11-8-16-42(29)4;1-11(2)10(8-12)9-6-4-3-5-7-9/h5-7,9-10,12-15,17-21,29-30H,8,11,16H2,1-4H3,(H,36,40)(H,37,39)(H,38,43);3-8,10H,1-2H3/t21-,29-,30+;10-/m00/s1. The quantitative estimate of drug-likeness (QED) is 0.118. The van der Waals surface area contributed by atoms with E-state index in [-0.39, 0.29) is 18.0 Å². The van der Waals surface area contributed by atoms with Gasteiger partial charge >= 0.3 is 0 Å². The molecule has 0 saturated carbocycles. The lowest BCUT2D eigenvalue weighted by Crippen LogP contribution is -2.38. The Morgan fingerprint density at radius 1 is 0.764 bits per heavy atom. The van der Waals surface area contributed by atoms with Gasteiger partial charge in [-0.2, -0.15) is 0 Å². The summed E-state index contributed by atoms with van der Waals surface area (Å²) >= 11 is 0. The van der Waals surface area contributed by atoms with Crippen LogP contribution in [0.1, 0.15) is 66.7 Å². The van der Waals surface area contributed by atoms with Crippen LogP contribution in [-0.4, -0.2) is 98.6 Å². The van der Waals surface area contributed by atoms with Crippen LogP contribution in [0.15, 0.2) is 110 Å². The van der Waals surface area contributed by atoms with E-state index >= 15 is 0 Å². The minimum absolute atomic E-state index is 0.0915. The maximum Gasteiger partial charge on any atom is 0.242 e. The third kappa shape index (κ3) is 9.47. The molecule has 3 aromatic heterocycles. The number of hydrogen-bond acceptors (Lipinski definition) is 9. The molecule has 7 rings (SSSR count). The molecule has 1 aliphatic heterocycles. The number of carbonyl (C=O) groups excluding carboxylic acids is 2. The van der Waals surface area contributed by atoms with Gasteiger partial charge in [0.25, 0.3) is 0 Å². The Labute approximate surface area is 323 Å². The van der Waals surface area contributed by atoms with Gasteiger partial charge in [-0.3, -0.25) is 29.5 Å². The summed E-state index contributed by atoms with van der Waals surface area (Å²) < 4.78 is 0. The van der Waals surface area contributed by atoms with Gasteiger partial charge in [0.05, 0.1) is 60.0 Å². The summed E-state index contributed by atoms with van der Waals surface area (Å²) in [7, 11) is 9.74. The predicted molar refractivity (Wildman–Crippen MR) is 216 cm³/mol. The summed E-state index contributed by atoms with van der Waals surface area (Å²) in [5.41, 5.74) is 7.25. The number of likely N-dealkylation sites (N-methyl/N-ethyl adjacent to an activating group) is 2. The molecule has 0 unspecified atom stereocenters. The van der Waals surface area contributed by atoms with E-state index in [1.807, 2.05) is 112 Å². The fraction of sp³-hybridized carbons (Fsp3) is 0.302. The highest BCUT2D eigenvalue weighted by atomic mass is 16.2. The number of carbonyl (C=O) groups is 2. The Morgan fingerprint density at radius 2 is 1.38 bits per heavy atom. The molecule has 1 fully saturated rings. The predicted octanol–water partition coefficient (Wildman–Crippen LogP) is 6.66. The van der Waals surface area contributed by atoms with Gasteiger partial charge in [-0.1, -0.05) is 84.9 Å². The molecule has 1 aliphatic rings. The summed E-state index contributed by atoms with van der Waals surface area (Å²) in [5.74, 6) is 1.59. The zero-order valence-corrected chi connectivity index (χ0v) is 32.3. The molecule has 1 saturated heterocycles. The SMILES string of the molecule is CN(C)[C@@H](C=O)c1ccccc1.C[C@H](NC(=O)[C@@H](c1ccccc1)N(C)C)c1ncc(-c2cnc(-c3ccc(-c4cnc([C@@H]5CCCN5C)[nH]4)cc3)cn2)[nH]1. The molecule has 3 aromatic carbocycles. The van der Waals surface area contributed by atoms with Crippen molar-refractivity contribution in [3.05, 3.63) is 132 Å². The number of rotatable bonds is 12. The van der Waals surface area contributed by atoms with Gasteiger partial charge in [0.1, 0.15) is 29.7 Å². The van der Waals surface area contributed by atoms with E-state index in [1.54, 1.807) is 18.6 Å². The Bertz CT molecular complexity index is 2110. The first-order valence-corrected chi connectivity index (χ1v) is 18.5. The van der Waals surface area contributed by atoms with Gasteiger partial charge in [-0.05, 0) is 78.2 Å². The molecule has 6 aromatic rings. The van der Waals surface area contributed by atoms with Gasteiger partial charge in [-0.25, -0.2) is 9.97 Å². The van der Waals surface area contributed by atoms with Crippen LogP contribution >= 0.6 is 0 Å². The van der Waals surface area contributed by atoms with Crippen molar-refractivity contribution in [2.45, 2.75) is 43.9 Å². The largest absolute Gasteiger partial charge is 0.345 e. The third-order valence-corrected chi connectivity index (χ3v) is 9.92. The smallest absolute Gasteiger partial charge is 0.242 e. The van der Waals surface area contributed by atoms with Crippen LogP contribution < -0.4 is 5.32 Å². The van der Waals surface area contributed by atoms with E-state index in [2.05, 4.69) is 71.4 Å². The second kappa shape index (κ2) is 18.0. The molecule has 12 nitrogen and oxygen atoms in total. The minimum atomic E-state index is -0.401. The van der Waals surface area contributed by atoms with E-state index in [1.165, 1.54) is 6.42 Å². The Kier molecular flexibility index (Phi) is 12.7. The first-order valence-electron chi connectivity index (χ1n) is 18.5. The first kappa shape index (κ1) is 38.9. The van der Waals surface area contributed by atoms with Crippen LogP contribution in [0.3, 0.4) is 0 Å². The lowest BCUT2D eigenvalue weighted by atomic mass is 10.0. The van der Waals surface area contributed by atoms with Crippen molar-refractivity contribution in [3.8, 4) is 33.9 Å². The van der Waals surface area contributed by atoms with E-state index in [0.29, 0.717) is 17.6 Å². The lowest BCUT2D eigenvalue weighted by Gasteiger charge is -2.25. The Morgan fingerprint density at radius 3 is 1.96 bits per heavy atom. The van der Waals surface area contributed by atoms with Gasteiger partial charge in [0, 0.05) is 5.56 Å². The molecule has 284 valence electrons. The first-order chi connectivity index (χ1) is 26.6. The number of hydrogen-bond donors (Lipinski definition) is 3. The van der Waals surface area contributed by atoms with E-state index in [9.17, 15) is 9.59 Å². The van der Waals surface area contributed by atoms with Crippen molar-refractivity contribution in [1.82, 2.24) is 49.9 Å². The molecular formula is C43H50N10O2. The fourth-order valence-corrected chi connectivity index (χ4v) is 6.86. The van der Waals surface area contributed by atoms with Crippen LogP contribution in [0.25, 0.3) is 33.9 Å². The van der Waals surface area contributed by atoms with Crippen molar-refractivity contribution >= 4 is 12.2 Å². The van der Waals surface area contributed by atoms with Crippen LogP contribution in [0.2, 0.25) is 0 Å². The van der Waals surface area contributed by atoms with Gasteiger partial charge in [0.2, 0.25) is 5.91 Å². The molecule has 1 amide bonds. The molecule has 0 bridgehead atoms. The number of amides is 1. The van der Waals surface area contributed by atoms with Crippen LogP contribution in [0, 0.1) is 0 Å². The number of benzene rings is 3. The number of nitrogens with one attached hydrogen (secondary N) is 3. The molecule has 4 atom stereocenters. The van der Waals surface area contributed by atoms with Crippen molar-refractivity contribution in [2.24, 2.45) is 0 Å². The fourth-order valence-electron chi connectivity index (χ4n) is 6.86. The average molecular weight is 739 g/mol. The molecular weight excluding hydrogens is 689 g/mol. The summed E-state index contributed by atoms with van der Waals surface area (Å²) in [6.07, 6.45) is 10.4. The maximum atomic E-state index is 13.2. The van der Waals surface area contributed by atoms with Crippen LogP contribution in [-0.2, 0) is 9.59 Å². The number of H-pyrrole nitrogens is 2. The van der Waals surface area contributed by atoms with Crippen molar-refractivity contribution in [3.63, 3.8) is 0 Å². The van der Waals surface area contributed by atoms with Crippen molar-refractivity contribution < 1.29 is 9.59 Å². The monoisotopic (exact) mass is 738 g/mol. The molecule has 4 heterocycles. The zero-order chi connectivity index (χ0) is 38.9. The second-order valence-corrected chi connectivity index (χ2v) is 14.3. The summed E-state index contributed by atoms with van der Waals surface area (Å²) in [4.78, 5) is 55.3. The van der Waals surface area contributed by atoms with Crippen LogP contribution in [0.4, 0.5) is 0 Å². The average Bonchev–Trinajstić information content (AvgIpc) is 3.98. The number of imidazole rings is 2.